The SMILES string of the molecule is Cn1ncnc1SC1(CC(=O)O)CN(C(=O)OC(C)(C)C)C1. The molecule has 1 fully saturated rings. The zero-order chi connectivity index (χ0) is 16.5. The molecule has 0 aliphatic carbocycles. The highest BCUT2D eigenvalue weighted by atomic mass is 32.2. The van der Waals surface area contributed by atoms with Crippen molar-refractivity contribution in [1.29, 1.82) is 0 Å². The van der Waals surface area contributed by atoms with E-state index in [2.05, 4.69) is 10.1 Å². The lowest BCUT2D eigenvalue weighted by molar-refractivity contribution is -0.138. The molecule has 122 valence electrons. The first-order valence-electron chi connectivity index (χ1n) is 6.83. The number of carbonyl (C=O) groups excluding carboxylic acids is 1. The van der Waals surface area contributed by atoms with Gasteiger partial charge in [-0.3, -0.25) is 4.79 Å². The Hall–Kier alpha value is -1.77. The Morgan fingerprint density at radius 3 is 2.55 bits per heavy atom. The van der Waals surface area contributed by atoms with E-state index < -0.39 is 22.4 Å². The molecule has 1 aliphatic heterocycles. The van der Waals surface area contributed by atoms with Crippen molar-refractivity contribution >= 4 is 23.8 Å². The van der Waals surface area contributed by atoms with E-state index in [-0.39, 0.29) is 6.42 Å². The smallest absolute Gasteiger partial charge is 0.410 e. The predicted molar refractivity (Wildman–Crippen MR) is 79.7 cm³/mol. The van der Waals surface area contributed by atoms with E-state index >= 15 is 0 Å². The Bertz CT molecular complexity index is 575. The number of hydrogen-bond donors (Lipinski definition) is 1. The number of carboxylic acid groups (broad SMARTS) is 1. The zero-order valence-corrected chi connectivity index (χ0v) is 13.9. The summed E-state index contributed by atoms with van der Waals surface area (Å²) in [5.41, 5.74) is -0.571. The summed E-state index contributed by atoms with van der Waals surface area (Å²) in [7, 11) is 1.74. The van der Waals surface area contributed by atoms with Gasteiger partial charge in [0, 0.05) is 20.1 Å². The number of likely N-dealkylation sites (tertiary alicyclic amines) is 1. The lowest BCUT2D eigenvalue weighted by Crippen LogP contribution is -2.63. The van der Waals surface area contributed by atoms with Crippen LogP contribution in [0, 0.1) is 0 Å². The summed E-state index contributed by atoms with van der Waals surface area (Å²) in [5.74, 6) is -0.904. The first-order valence-corrected chi connectivity index (χ1v) is 7.65. The van der Waals surface area contributed by atoms with Crippen LogP contribution < -0.4 is 0 Å². The second kappa shape index (κ2) is 5.79. The van der Waals surface area contributed by atoms with Crippen LogP contribution in [0.25, 0.3) is 0 Å². The van der Waals surface area contributed by atoms with Crippen LogP contribution in [0.2, 0.25) is 0 Å². The van der Waals surface area contributed by atoms with Crippen molar-refractivity contribution in [2.75, 3.05) is 13.1 Å². The first-order chi connectivity index (χ1) is 10.1. The van der Waals surface area contributed by atoms with Crippen molar-refractivity contribution in [1.82, 2.24) is 19.7 Å². The molecular formula is C13H20N4O4S. The molecule has 2 heterocycles. The van der Waals surface area contributed by atoms with Crippen molar-refractivity contribution < 1.29 is 19.4 Å². The van der Waals surface area contributed by atoms with Gasteiger partial charge in [0.05, 0.1) is 11.2 Å². The van der Waals surface area contributed by atoms with Gasteiger partial charge in [0.25, 0.3) is 0 Å². The Balaban J connectivity index is 2.04. The van der Waals surface area contributed by atoms with Gasteiger partial charge in [-0.2, -0.15) is 5.10 Å². The lowest BCUT2D eigenvalue weighted by Gasteiger charge is -2.48. The number of thioether (sulfide) groups is 1. The van der Waals surface area contributed by atoms with Crippen molar-refractivity contribution in [3.8, 4) is 0 Å². The van der Waals surface area contributed by atoms with E-state index in [9.17, 15) is 9.59 Å². The van der Waals surface area contributed by atoms with E-state index in [4.69, 9.17) is 9.84 Å². The molecule has 9 heteroatoms. The fourth-order valence-corrected chi connectivity index (χ4v) is 3.47. The van der Waals surface area contributed by atoms with Crippen molar-refractivity contribution in [2.45, 2.75) is 42.7 Å². The van der Waals surface area contributed by atoms with Gasteiger partial charge in [-0.25, -0.2) is 14.5 Å². The number of carboxylic acids is 1. The van der Waals surface area contributed by atoms with Gasteiger partial charge >= 0.3 is 12.1 Å². The van der Waals surface area contributed by atoms with Crippen LogP contribution in [0.1, 0.15) is 27.2 Å². The topological polar surface area (TPSA) is 97.5 Å². The number of carbonyl (C=O) groups is 2. The molecule has 8 nitrogen and oxygen atoms in total. The molecule has 0 radical (unpaired) electrons. The van der Waals surface area contributed by atoms with Gasteiger partial charge in [0.2, 0.25) is 0 Å². The van der Waals surface area contributed by atoms with Gasteiger partial charge in [0.1, 0.15) is 11.9 Å². The molecular weight excluding hydrogens is 308 g/mol. The molecule has 1 aromatic rings. The summed E-state index contributed by atoms with van der Waals surface area (Å²) in [6.07, 6.45) is 0.942. The van der Waals surface area contributed by atoms with E-state index in [1.54, 1.807) is 32.5 Å². The molecule has 1 amide bonds. The number of aromatic nitrogens is 3. The molecule has 22 heavy (non-hydrogen) atoms. The largest absolute Gasteiger partial charge is 0.481 e. The summed E-state index contributed by atoms with van der Waals surface area (Å²) in [6.45, 7) is 6.01. The zero-order valence-electron chi connectivity index (χ0n) is 13.1. The molecule has 0 saturated carbocycles. The number of aryl methyl sites for hydroxylation is 1. The highest BCUT2D eigenvalue weighted by Gasteiger charge is 2.49. The Kier molecular flexibility index (Phi) is 4.37. The molecule has 0 aromatic carbocycles. The maximum absolute atomic E-state index is 12.0. The van der Waals surface area contributed by atoms with Gasteiger partial charge < -0.3 is 14.7 Å². The molecule has 0 bridgehead atoms. The maximum atomic E-state index is 12.0. The van der Waals surface area contributed by atoms with Crippen LogP contribution >= 0.6 is 11.8 Å². The monoisotopic (exact) mass is 328 g/mol. The highest BCUT2D eigenvalue weighted by molar-refractivity contribution is 8.00. The molecule has 0 spiro atoms. The third-order valence-corrected chi connectivity index (χ3v) is 4.45. The minimum atomic E-state index is -0.904. The molecule has 1 aliphatic rings. The van der Waals surface area contributed by atoms with Crippen LogP contribution in [0.4, 0.5) is 4.79 Å². The molecule has 1 saturated heterocycles. The van der Waals surface area contributed by atoms with Crippen molar-refractivity contribution in [3.63, 3.8) is 0 Å². The third kappa shape index (κ3) is 3.90. The number of rotatable bonds is 4. The van der Waals surface area contributed by atoms with E-state index in [0.29, 0.717) is 18.2 Å². The molecule has 2 rings (SSSR count). The van der Waals surface area contributed by atoms with E-state index in [1.807, 2.05) is 0 Å². The van der Waals surface area contributed by atoms with E-state index in [1.165, 1.54) is 23.0 Å². The molecule has 0 atom stereocenters. The Labute approximate surface area is 132 Å². The Morgan fingerprint density at radius 2 is 2.09 bits per heavy atom. The fraction of sp³-hybridized carbons (Fsp3) is 0.692. The van der Waals surface area contributed by atoms with Crippen LogP contribution in [0.15, 0.2) is 11.5 Å². The van der Waals surface area contributed by atoms with Gasteiger partial charge in [-0.15, -0.1) is 0 Å². The molecule has 1 N–H and O–H groups in total. The van der Waals surface area contributed by atoms with Crippen LogP contribution in [0.3, 0.4) is 0 Å². The predicted octanol–water partition coefficient (Wildman–Crippen LogP) is 1.37. The third-order valence-electron chi connectivity index (χ3n) is 3.06. The number of hydrogen-bond acceptors (Lipinski definition) is 6. The summed E-state index contributed by atoms with van der Waals surface area (Å²) < 4.78 is 6.29. The number of amides is 1. The van der Waals surface area contributed by atoms with Gasteiger partial charge in [-0.05, 0) is 20.8 Å². The minimum absolute atomic E-state index is 0.0518. The lowest BCUT2D eigenvalue weighted by atomic mass is 9.95. The van der Waals surface area contributed by atoms with Crippen LogP contribution in [-0.2, 0) is 16.6 Å². The average Bonchev–Trinajstić information content (AvgIpc) is 2.67. The van der Waals surface area contributed by atoms with Crippen molar-refractivity contribution in [2.24, 2.45) is 7.05 Å². The first kappa shape index (κ1) is 16.6. The normalized spacial score (nSPS) is 17.0. The van der Waals surface area contributed by atoms with Crippen LogP contribution in [-0.4, -0.2) is 60.3 Å². The van der Waals surface area contributed by atoms with Crippen LogP contribution in [0.5, 0.6) is 0 Å². The molecule has 0 unspecified atom stereocenters. The average molecular weight is 328 g/mol. The summed E-state index contributed by atoms with van der Waals surface area (Å²) in [6, 6.07) is 0. The maximum Gasteiger partial charge on any atom is 0.410 e. The summed E-state index contributed by atoms with van der Waals surface area (Å²) in [4.78, 5) is 28.8. The highest BCUT2D eigenvalue weighted by Crippen LogP contribution is 2.42. The number of nitrogens with zero attached hydrogens (tertiary/aromatic N) is 4. The fourth-order valence-electron chi connectivity index (χ4n) is 2.16. The summed E-state index contributed by atoms with van der Waals surface area (Å²) in [5, 5.41) is 13.7. The Morgan fingerprint density at radius 1 is 1.45 bits per heavy atom. The van der Waals surface area contributed by atoms with Gasteiger partial charge in [-0.1, -0.05) is 11.8 Å². The second-order valence-corrected chi connectivity index (χ2v) is 7.79. The van der Waals surface area contributed by atoms with Gasteiger partial charge in [0.15, 0.2) is 5.16 Å². The quantitative estimate of drug-likeness (QED) is 0.891. The number of aliphatic carboxylic acids is 1. The van der Waals surface area contributed by atoms with E-state index in [0.717, 1.165) is 0 Å². The number of ether oxygens (including phenoxy) is 1. The minimum Gasteiger partial charge on any atom is -0.481 e. The summed E-state index contributed by atoms with van der Waals surface area (Å²) >= 11 is 1.34. The molecule has 1 aromatic heterocycles. The standard InChI is InChI=1S/C13H20N4O4S/c1-12(2,3)21-11(20)17-6-13(7-17,5-9(18)19)22-10-14-8-15-16(10)4/h8H,5-7H2,1-4H3,(H,18,19). The second-order valence-electron chi connectivity index (χ2n) is 6.36. The van der Waals surface area contributed by atoms with Crippen molar-refractivity contribution in [3.05, 3.63) is 6.33 Å².